The fourth-order valence-corrected chi connectivity index (χ4v) is 1.88. The van der Waals surface area contributed by atoms with E-state index in [9.17, 15) is 13.2 Å². The Kier molecular flexibility index (Phi) is 7.64. The Morgan fingerprint density at radius 1 is 1.14 bits per heavy atom. The topological polar surface area (TPSA) is 50.4 Å². The van der Waals surface area contributed by atoms with Gasteiger partial charge in [0.05, 0.1) is 0 Å². The number of nitrogens with zero attached hydrogens (tertiary/aromatic N) is 1. The summed E-state index contributed by atoms with van der Waals surface area (Å²) in [7, 11) is 0. The van der Waals surface area contributed by atoms with Crippen LogP contribution < -0.4 is 11.1 Å². The van der Waals surface area contributed by atoms with E-state index < -0.39 is 17.5 Å². The van der Waals surface area contributed by atoms with Crippen molar-refractivity contribution >= 4 is 5.96 Å². The van der Waals surface area contributed by atoms with Gasteiger partial charge in [-0.2, -0.15) is 0 Å². The van der Waals surface area contributed by atoms with Gasteiger partial charge in [-0.3, -0.25) is 4.99 Å². The SMILES string of the molecule is CCCCCCN=C(N)NCCc1cc(F)c(F)c(F)c1. The smallest absolute Gasteiger partial charge is 0.194 e. The van der Waals surface area contributed by atoms with Crippen LogP contribution in [-0.2, 0) is 6.42 Å². The van der Waals surface area contributed by atoms with Gasteiger partial charge in [0.1, 0.15) is 0 Å². The monoisotopic (exact) mass is 301 g/mol. The van der Waals surface area contributed by atoms with Crippen molar-refractivity contribution < 1.29 is 13.2 Å². The molecule has 0 amide bonds. The quantitative estimate of drug-likeness (QED) is 0.335. The highest BCUT2D eigenvalue weighted by Crippen LogP contribution is 2.13. The van der Waals surface area contributed by atoms with E-state index in [4.69, 9.17) is 5.73 Å². The predicted octanol–water partition coefficient (Wildman–Crippen LogP) is 3.13. The summed E-state index contributed by atoms with van der Waals surface area (Å²) < 4.78 is 38.8. The van der Waals surface area contributed by atoms with E-state index in [1.807, 2.05) is 0 Å². The lowest BCUT2D eigenvalue weighted by Gasteiger charge is -2.06. The number of guanidine groups is 1. The van der Waals surface area contributed by atoms with Crippen LogP contribution in [0.15, 0.2) is 17.1 Å². The number of rotatable bonds is 8. The third-order valence-corrected chi connectivity index (χ3v) is 3.06. The third kappa shape index (κ3) is 6.51. The Morgan fingerprint density at radius 2 is 1.81 bits per heavy atom. The average molecular weight is 301 g/mol. The number of hydrogen-bond donors (Lipinski definition) is 2. The van der Waals surface area contributed by atoms with Crippen molar-refractivity contribution in [2.45, 2.75) is 39.0 Å². The van der Waals surface area contributed by atoms with Crippen molar-refractivity contribution in [1.29, 1.82) is 0 Å². The summed E-state index contributed by atoms with van der Waals surface area (Å²) in [5.74, 6) is -3.49. The first kappa shape index (κ1) is 17.3. The molecule has 21 heavy (non-hydrogen) atoms. The van der Waals surface area contributed by atoms with E-state index in [1.165, 1.54) is 12.8 Å². The van der Waals surface area contributed by atoms with Crippen molar-refractivity contribution in [3.63, 3.8) is 0 Å². The van der Waals surface area contributed by atoms with Crippen LogP contribution in [0.25, 0.3) is 0 Å². The highest BCUT2D eigenvalue weighted by molar-refractivity contribution is 5.77. The lowest BCUT2D eigenvalue weighted by Crippen LogP contribution is -2.33. The molecule has 0 unspecified atom stereocenters. The van der Waals surface area contributed by atoms with E-state index in [1.54, 1.807) is 0 Å². The van der Waals surface area contributed by atoms with Crippen LogP contribution in [-0.4, -0.2) is 19.0 Å². The number of benzene rings is 1. The van der Waals surface area contributed by atoms with Gasteiger partial charge in [-0.15, -0.1) is 0 Å². The van der Waals surface area contributed by atoms with E-state index in [-0.39, 0.29) is 0 Å². The van der Waals surface area contributed by atoms with Gasteiger partial charge in [0.2, 0.25) is 0 Å². The summed E-state index contributed by atoms with van der Waals surface area (Å²) >= 11 is 0. The molecule has 0 fully saturated rings. The maximum atomic E-state index is 13.0. The van der Waals surface area contributed by atoms with Gasteiger partial charge >= 0.3 is 0 Å². The minimum absolute atomic E-state index is 0.314. The first-order valence-electron chi connectivity index (χ1n) is 7.21. The molecule has 3 N–H and O–H groups in total. The zero-order valence-electron chi connectivity index (χ0n) is 12.3. The molecule has 1 rings (SSSR count). The van der Waals surface area contributed by atoms with Crippen molar-refractivity contribution in [3.8, 4) is 0 Å². The number of unbranched alkanes of at least 4 members (excludes halogenated alkanes) is 3. The standard InChI is InChI=1S/C15H22F3N3/c1-2-3-4-5-7-20-15(19)21-8-6-11-9-12(16)14(18)13(17)10-11/h9-10H,2-8H2,1H3,(H3,19,20,21). The van der Waals surface area contributed by atoms with Gasteiger partial charge in [0, 0.05) is 13.1 Å². The van der Waals surface area contributed by atoms with Crippen LogP contribution in [0, 0.1) is 17.5 Å². The largest absolute Gasteiger partial charge is 0.370 e. The molecule has 0 aromatic heterocycles. The van der Waals surface area contributed by atoms with Crippen molar-refractivity contribution in [2.24, 2.45) is 10.7 Å². The van der Waals surface area contributed by atoms with Gasteiger partial charge in [0.25, 0.3) is 0 Å². The molecule has 0 aliphatic carbocycles. The summed E-state index contributed by atoms with van der Waals surface area (Å²) in [6, 6.07) is 1.97. The van der Waals surface area contributed by atoms with Crippen LogP contribution in [0.3, 0.4) is 0 Å². The first-order valence-corrected chi connectivity index (χ1v) is 7.21. The Morgan fingerprint density at radius 3 is 2.43 bits per heavy atom. The normalized spacial score (nSPS) is 11.7. The Balaban J connectivity index is 2.31. The van der Waals surface area contributed by atoms with E-state index in [0.717, 1.165) is 25.0 Å². The van der Waals surface area contributed by atoms with E-state index in [0.29, 0.717) is 31.0 Å². The minimum Gasteiger partial charge on any atom is -0.370 e. The second-order valence-corrected chi connectivity index (χ2v) is 4.88. The Hall–Kier alpha value is -1.72. The van der Waals surface area contributed by atoms with Crippen molar-refractivity contribution in [2.75, 3.05) is 13.1 Å². The second-order valence-electron chi connectivity index (χ2n) is 4.88. The number of aliphatic imine (C=N–C) groups is 1. The fourth-order valence-electron chi connectivity index (χ4n) is 1.88. The summed E-state index contributed by atoms with van der Waals surface area (Å²) in [4.78, 5) is 4.15. The maximum Gasteiger partial charge on any atom is 0.194 e. The molecule has 1 aromatic carbocycles. The molecule has 3 nitrogen and oxygen atoms in total. The van der Waals surface area contributed by atoms with Gasteiger partial charge in [-0.1, -0.05) is 26.2 Å². The molecule has 0 saturated heterocycles. The molecular weight excluding hydrogens is 279 g/mol. The molecule has 0 atom stereocenters. The van der Waals surface area contributed by atoms with E-state index in [2.05, 4.69) is 17.2 Å². The van der Waals surface area contributed by atoms with Crippen LogP contribution in [0.1, 0.15) is 38.2 Å². The van der Waals surface area contributed by atoms with Crippen LogP contribution >= 0.6 is 0 Å². The molecule has 0 heterocycles. The van der Waals surface area contributed by atoms with Crippen LogP contribution in [0.2, 0.25) is 0 Å². The average Bonchev–Trinajstić information content (AvgIpc) is 2.44. The number of nitrogens with one attached hydrogen (secondary N) is 1. The van der Waals surface area contributed by atoms with Crippen LogP contribution in [0.4, 0.5) is 13.2 Å². The second kappa shape index (κ2) is 9.26. The highest BCUT2D eigenvalue weighted by Gasteiger charge is 2.10. The highest BCUT2D eigenvalue weighted by atomic mass is 19.2. The molecule has 118 valence electrons. The van der Waals surface area contributed by atoms with Crippen molar-refractivity contribution in [3.05, 3.63) is 35.1 Å². The summed E-state index contributed by atoms with van der Waals surface area (Å²) in [5.41, 5.74) is 6.04. The van der Waals surface area contributed by atoms with Crippen molar-refractivity contribution in [1.82, 2.24) is 5.32 Å². The summed E-state index contributed by atoms with van der Waals surface area (Å²) in [6.45, 7) is 3.19. The molecule has 0 aliphatic heterocycles. The van der Waals surface area contributed by atoms with Gasteiger partial charge in [-0.05, 0) is 30.5 Å². The number of halogens is 3. The Bertz CT molecular complexity index is 452. The summed E-state index contributed by atoms with van der Waals surface area (Å²) in [5, 5.41) is 2.86. The zero-order chi connectivity index (χ0) is 15.7. The first-order chi connectivity index (χ1) is 10.0. The van der Waals surface area contributed by atoms with Crippen LogP contribution in [0.5, 0.6) is 0 Å². The Labute approximate surface area is 123 Å². The molecule has 1 aromatic rings. The molecule has 0 radical (unpaired) electrons. The molecule has 0 saturated carbocycles. The predicted molar refractivity (Wildman–Crippen MR) is 78.7 cm³/mol. The lowest BCUT2D eigenvalue weighted by molar-refractivity contribution is 0.445. The summed E-state index contributed by atoms with van der Waals surface area (Å²) in [6.07, 6.45) is 4.80. The molecular formula is C15H22F3N3. The number of nitrogens with two attached hydrogens (primary N) is 1. The number of hydrogen-bond acceptors (Lipinski definition) is 1. The lowest BCUT2D eigenvalue weighted by atomic mass is 10.1. The zero-order valence-corrected chi connectivity index (χ0v) is 12.3. The maximum absolute atomic E-state index is 13.0. The van der Waals surface area contributed by atoms with Gasteiger partial charge in [-0.25, -0.2) is 13.2 Å². The molecule has 0 aliphatic rings. The molecule has 0 spiro atoms. The van der Waals surface area contributed by atoms with Gasteiger partial charge < -0.3 is 11.1 Å². The third-order valence-electron chi connectivity index (χ3n) is 3.06. The van der Waals surface area contributed by atoms with Gasteiger partial charge in [0.15, 0.2) is 23.4 Å². The van der Waals surface area contributed by atoms with E-state index >= 15 is 0 Å². The molecule has 6 heteroatoms. The molecule has 0 bridgehead atoms. The fraction of sp³-hybridized carbons (Fsp3) is 0.533. The minimum atomic E-state index is -1.44.